The second kappa shape index (κ2) is 10.2. The molecule has 3 aromatic rings. The lowest BCUT2D eigenvalue weighted by molar-refractivity contribution is 0.621. The highest BCUT2D eigenvalue weighted by molar-refractivity contribution is 14.0. The first-order chi connectivity index (χ1) is 12.7. The monoisotopic (exact) mass is 478 g/mol. The Bertz CT molecular complexity index is 884. The van der Waals surface area contributed by atoms with Crippen molar-refractivity contribution in [2.45, 2.75) is 32.9 Å². The van der Waals surface area contributed by atoms with Gasteiger partial charge in [-0.2, -0.15) is 0 Å². The molecule has 1 aromatic heterocycles. The molecule has 1 unspecified atom stereocenters. The van der Waals surface area contributed by atoms with Crippen molar-refractivity contribution < 1.29 is 0 Å². The molecule has 0 aliphatic heterocycles. The Kier molecular flexibility index (Phi) is 8.02. The van der Waals surface area contributed by atoms with Crippen molar-refractivity contribution in [2.24, 2.45) is 4.99 Å². The number of nitrogens with one attached hydrogen (secondary N) is 2. The first-order valence-electron chi connectivity index (χ1n) is 9.04. The number of aromatic nitrogens is 3. The van der Waals surface area contributed by atoms with Crippen LogP contribution in [0.3, 0.4) is 0 Å². The molecule has 6 nitrogen and oxygen atoms in total. The molecule has 2 N–H and O–H groups in total. The lowest BCUT2D eigenvalue weighted by Gasteiger charge is -2.20. The van der Waals surface area contributed by atoms with E-state index in [4.69, 9.17) is 0 Å². The highest BCUT2D eigenvalue weighted by atomic mass is 127. The van der Waals surface area contributed by atoms with Gasteiger partial charge in [0.15, 0.2) is 5.96 Å². The fourth-order valence-electron chi connectivity index (χ4n) is 3.14. The van der Waals surface area contributed by atoms with Crippen LogP contribution >= 0.6 is 24.0 Å². The molecule has 27 heavy (non-hydrogen) atoms. The second-order valence-electron chi connectivity index (χ2n) is 6.23. The molecule has 0 spiro atoms. The van der Waals surface area contributed by atoms with Crippen molar-refractivity contribution in [3.05, 3.63) is 60.2 Å². The standard InChI is InChI=1S/C20H26N6.HI/c1-4-19-25-23-14-26(19)13-12-22-20(21-3)24-15(2)17-11-7-9-16-8-5-6-10-18(16)17;/h5-11,14-15H,4,12-13H2,1-3H3,(H2,21,22,24);1H. The van der Waals surface area contributed by atoms with E-state index in [9.17, 15) is 0 Å². The molecule has 0 saturated carbocycles. The van der Waals surface area contributed by atoms with E-state index in [-0.39, 0.29) is 30.0 Å². The highest BCUT2D eigenvalue weighted by Crippen LogP contribution is 2.23. The first-order valence-corrected chi connectivity index (χ1v) is 9.04. The predicted octanol–water partition coefficient (Wildman–Crippen LogP) is 3.54. The van der Waals surface area contributed by atoms with Crippen LogP contribution in [0.1, 0.15) is 31.3 Å². The van der Waals surface area contributed by atoms with Crippen molar-refractivity contribution >= 4 is 40.7 Å². The number of rotatable bonds is 6. The molecular formula is C20H27IN6. The summed E-state index contributed by atoms with van der Waals surface area (Å²) < 4.78 is 2.06. The third kappa shape index (κ3) is 5.18. The zero-order chi connectivity index (χ0) is 18.4. The van der Waals surface area contributed by atoms with E-state index in [1.54, 1.807) is 13.4 Å². The van der Waals surface area contributed by atoms with Gasteiger partial charge in [0.05, 0.1) is 6.04 Å². The molecule has 0 bridgehead atoms. The van der Waals surface area contributed by atoms with Gasteiger partial charge in [0.1, 0.15) is 12.2 Å². The molecule has 0 radical (unpaired) electrons. The van der Waals surface area contributed by atoms with Gasteiger partial charge in [0.25, 0.3) is 0 Å². The summed E-state index contributed by atoms with van der Waals surface area (Å²) in [6, 6.07) is 15.0. The van der Waals surface area contributed by atoms with E-state index in [2.05, 4.69) is 86.7 Å². The third-order valence-electron chi connectivity index (χ3n) is 4.52. The van der Waals surface area contributed by atoms with E-state index in [0.717, 1.165) is 31.3 Å². The van der Waals surface area contributed by atoms with Gasteiger partial charge in [0, 0.05) is 26.6 Å². The average molecular weight is 478 g/mol. The number of guanidine groups is 1. The molecule has 7 heteroatoms. The Morgan fingerprint density at radius 3 is 2.74 bits per heavy atom. The molecule has 0 fully saturated rings. The minimum absolute atomic E-state index is 0. The van der Waals surface area contributed by atoms with Crippen LogP contribution in [0.15, 0.2) is 53.8 Å². The van der Waals surface area contributed by atoms with Crippen LogP contribution in [-0.4, -0.2) is 34.3 Å². The summed E-state index contributed by atoms with van der Waals surface area (Å²) in [6.45, 7) is 5.80. The van der Waals surface area contributed by atoms with Crippen LogP contribution in [0.4, 0.5) is 0 Å². The molecule has 0 aliphatic carbocycles. The number of halogens is 1. The first kappa shape index (κ1) is 21.1. The summed E-state index contributed by atoms with van der Waals surface area (Å²) >= 11 is 0. The van der Waals surface area contributed by atoms with E-state index < -0.39 is 0 Å². The minimum atomic E-state index is 0. The Labute approximate surface area is 177 Å². The maximum atomic E-state index is 4.35. The van der Waals surface area contributed by atoms with E-state index in [1.165, 1.54) is 16.3 Å². The Morgan fingerprint density at radius 1 is 1.19 bits per heavy atom. The van der Waals surface area contributed by atoms with Gasteiger partial charge >= 0.3 is 0 Å². The molecule has 0 saturated heterocycles. The maximum Gasteiger partial charge on any atom is 0.191 e. The number of nitrogens with zero attached hydrogens (tertiary/aromatic N) is 4. The van der Waals surface area contributed by atoms with E-state index in [1.807, 2.05) is 0 Å². The smallest absolute Gasteiger partial charge is 0.191 e. The van der Waals surface area contributed by atoms with Crippen LogP contribution < -0.4 is 10.6 Å². The SMILES string of the molecule is CCc1nncn1CCNC(=NC)NC(C)c1cccc2ccccc12.I. The van der Waals surface area contributed by atoms with Gasteiger partial charge < -0.3 is 15.2 Å². The Hall–Kier alpha value is -2.16. The van der Waals surface area contributed by atoms with Crippen LogP contribution in [-0.2, 0) is 13.0 Å². The summed E-state index contributed by atoms with van der Waals surface area (Å²) in [5, 5.41) is 17.4. The van der Waals surface area contributed by atoms with Gasteiger partial charge in [-0.15, -0.1) is 34.2 Å². The summed E-state index contributed by atoms with van der Waals surface area (Å²) in [5.74, 6) is 1.79. The molecule has 2 aromatic carbocycles. The number of hydrogen-bond donors (Lipinski definition) is 2. The lowest BCUT2D eigenvalue weighted by Crippen LogP contribution is -2.40. The molecule has 1 heterocycles. The molecule has 1 atom stereocenters. The van der Waals surface area contributed by atoms with Crippen LogP contribution in [0.25, 0.3) is 10.8 Å². The van der Waals surface area contributed by atoms with Gasteiger partial charge in [-0.25, -0.2) is 0 Å². The van der Waals surface area contributed by atoms with Crippen molar-refractivity contribution in [1.82, 2.24) is 25.4 Å². The van der Waals surface area contributed by atoms with Crippen molar-refractivity contribution in [2.75, 3.05) is 13.6 Å². The maximum absolute atomic E-state index is 4.35. The molecule has 3 rings (SSSR count). The number of hydrogen-bond acceptors (Lipinski definition) is 3. The van der Waals surface area contributed by atoms with Gasteiger partial charge in [-0.3, -0.25) is 4.99 Å². The fraction of sp³-hybridized carbons (Fsp3) is 0.350. The third-order valence-corrected chi connectivity index (χ3v) is 4.52. The van der Waals surface area contributed by atoms with Crippen LogP contribution in [0.2, 0.25) is 0 Å². The van der Waals surface area contributed by atoms with Crippen LogP contribution in [0, 0.1) is 0 Å². The van der Waals surface area contributed by atoms with E-state index >= 15 is 0 Å². The minimum Gasteiger partial charge on any atom is -0.355 e. The highest BCUT2D eigenvalue weighted by Gasteiger charge is 2.11. The zero-order valence-electron chi connectivity index (χ0n) is 16.0. The number of aliphatic imine (C=N–C) groups is 1. The topological polar surface area (TPSA) is 67.1 Å². The van der Waals surface area contributed by atoms with Gasteiger partial charge in [0.2, 0.25) is 0 Å². The van der Waals surface area contributed by atoms with E-state index in [0.29, 0.717) is 0 Å². The summed E-state index contributed by atoms with van der Waals surface area (Å²) in [5.41, 5.74) is 1.26. The van der Waals surface area contributed by atoms with Crippen molar-refractivity contribution in [3.63, 3.8) is 0 Å². The molecule has 0 amide bonds. The summed E-state index contributed by atoms with van der Waals surface area (Å²) in [7, 11) is 1.79. The van der Waals surface area contributed by atoms with Crippen molar-refractivity contribution in [1.29, 1.82) is 0 Å². The lowest BCUT2D eigenvalue weighted by atomic mass is 10.00. The molecular weight excluding hydrogens is 451 g/mol. The predicted molar refractivity (Wildman–Crippen MR) is 122 cm³/mol. The largest absolute Gasteiger partial charge is 0.355 e. The number of fused-ring (bicyclic) bond motifs is 1. The second-order valence-corrected chi connectivity index (χ2v) is 6.23. The van der Waals surface area contributed by atoms with Crippen LogP contribution in [0.5, 0.6) is 0 Å². The van der Waals surface area contributed by atoms with Crippen molar-refractivity contribution in [3.8, 4) is 0 Å². The molecule has 144 valence electrons. The quantitative estimate of drug-likeness (QED) is 0.323. The van der Waals surface area contributed by atoms with Gasteiger partial charge in [-0.05, 0) is 23.3 Å². The normalized spacial score (nSPS) is 12.5. The molecule has 0 aliphatic rings. The average Bonchev–Trinajstić information content (AvgIpc) is 3.14. The van der Waals surface area contributed by atoms with Gasteiger partial charge in [-0.1, -0.05) is 49.4 Å². The summed E-state index contributed by atoms with van der Waals surface area (Å²) in [4.78, 5) is 4.35. The Balaban J connectivity index is 0.00000261. The fourth-order valence-corrected chi connectivity index (χ4v) is 3.14. The summed E-state index contributed by atoms with van der Waals surface area (Å²) in [6.07, 6.45) is 2.65. The zero-order valence-corrected chi connectivity index (χ0v) is 18.3. The number of aryl methyl sites for hydroxylation is 1. The number of benzene rings is 2. The Morgan fingerprint density at radius 2 is 1.96 bits per heavy atom.